The van der Waals surface area contributed by atoms with Crippen molar-refractivity contribution in [3.8, 4) is 0 Å². The molecule has 0 aliphatic carbocycles. The van der Waals surface area contributed by atoms with Crippen LogP contribution < -0.4 is 16.1 Å². The molecule has 9 nitrogen and oxygen atoms in total. The SMILES string of the molecule is C=CCC(C)(C)CCC(=O)N[C@H](C(=O)N[C@@H](C)C(=O)N1CCCC(C(=O)OCC(Cl)(Cl)Cl)N1)C(C)C. The van der Waals surface area contributed by atoms with Crippen LogP contribution in [-0.4, -0.2) is 63.8 Å². The van der Waals surface area contributed by atoms with Crippen LogP contribution in [-0.2, 0) is 23.9 Å². The molecule has 12 heteroatoms. The minimum Gasteiger partial charge on any atom is -0.460 e. The molecular formula is C24H39Cl3N4O5. The lowest BCUT2D eigenvalue weighted by atomic mass is 9.84. The number of nitrogens with one attached hydrogen (secondary N) is 3. The number of esters is 1. The first-order valence-electron chi connectivity index (χ1n) is 12.1. The summed E-state index contributed by atoms with van der Waals surface area (Å²) in [5, 5.41) is 6.75. The average Bonchev–Trinajstić information content (AvgIpc) is 2.78. The van der Waals surface area contributed by atoms with Gasteiger partial charge in [0.05, 0.1) is 0 Å². The molecule has 1 saturated heterocycles. The molecule has 3 N–H and O–H groups in total. The molecule has 0 aromatic heterocycles. The van der Waals surface area contributed by atoms with Crippen molar-refractivity contribution < 1.29 is 23.9 Å². The van der Waals surface area contributed by atoms with Gasteiger partial charge in [-0.05, 0) is 43.9 Å². The summed E-state index contributed by atoms with van der Waals surface area (Å²) >= 11 is 16.8. The number of ether oxygens (including phenoxy) is 1. The van der Waals surface area contributed by atoms with Crippen LogP contribution in [0, 0.1) is 11.3 Å². The molecule has 0 radical (unpaired) electrons. The van der Waals surface area contributed by atoms with E-state index in [4.69, 9.17) is 39.5 Å². The van der Waals surface area contributed by atoms with Gasteiger partial charge >= 0.3 is 5.97 Å². The van der Waals surface area contributed by atoms with Gasteiger partial charge in [-0.15, -0.1) is 6.58 Å². The second-order valence-corrected chi connectivity index (χ2v) is 12.7. The molecule has 1 unspecified atom stereocenters. The van der Waals surface area contributed by atoms with Crippen molar-refractivity contribution in [2.75, 3.05) is 13.2 Å². The van der Waals surface area contributed by atoms with Gasteiger partial charge in [-0.1, -0.05) is 68.6 Å². The zero-order valence-corrected chi connectivity index (χ0v) is 23.9. The number of carbonyl (C=O) groups is 4. The van der Waals surface area contributed by atoms with E-state index in [0.717, 1.165) is 6.42 Å². The van der Waals surface area contributed by atoms with E-state index in [0.29, 0.717) is 25.8 Å². The van der Waals surface area contributed by atoms with Gasteiger partial charge in [0.25, 0.3) is 5.91 Å². The van der Waals surface area contributed by atoms with Gasteiger partial charge in [0, 0.05) is 13.0 Å². The van der Waals surface area contributed by atoms with Gasteiger partial charge < -0.3 is 15.4 Å². The summed E-state index contributed by atoms with van der Waals surface area (Å²) < 4.78 is 3.26. The molecule has 1 rings (SSSR count). The predicted molar refractivity (Wildman–Crippen MR) is 141 cm³/mol. The summed E-state index contributed by atoms with van der Waals surface area (Å²) in [7, 11) is 0. The van der Waals surface area contributed by atoms with Crippen molar-refractivity contribution in [3.63, 3.8) is 0 Å². The maximum Gasteiger partial charge on any atom is 0.325 e. The smallest absolute Gasteiger partial charge is 0.325 e. The van der Waals surface area contributed by atoms with Crippen LogP contribution in [0.3, 0.4) is 0 Å². The van der Waals surface area contributed by atoms with Crippen molar-refractivity contribution in [1.29, 1.82) is 0 Å². The van der Waals surface area contributed by atoms with E-state index >= 15 is 0 Å². The van der Waals surface area contributed by atoms with E-state index in [1.807, 2.05) is 19.9 Å². The zero-order valence-electron chi connectivity index (χ0n) is 21.7. The topological polar surface area (TPSA) is 117 Å². The lowest BCUT2D eigenvalue weighted by molar-refractivity contribution is -0.152. The molecule has 0 bridgehead atoms. The normalized spacial score (nSPS) is 18.2. The van der Waals surface area contributed by atoms with Gasteiger partial charge in [-0.3, -0.25) is 24.2 Å². The Labute approximate surface area is 228 Å². The minimum absolute atomic E-state index is 0.0671. The van der Waals surface area contributed by atoms with Crippen LogP contribution >= 0.6 is 34.8 Å². The molecule has 1 aliphatic rings. The summed E-state index contributed by atoms with van der Waals surface area (Å²) in [5.41, 5.74) is 2.75. The number of halogens is 3. The first-order valence-corrected chi connectivity index (χ1v) is 13.2. The molecular weight excluding hydrogens is 531 g/mol. The number of alkyl halides is 3. The highest BCUT2D eigenvalue weighted by atomic mass is 35.6. The molecule has 1 heterocycles. The number of hydrogen-bond acceptors (Lipinski definition) is 6. The van der Waals surface area contributed by atoms with E-state index in [1.165, 1.54) is 5.01 Å². The molecule has 3 amide bonds. The van der Waals surface area contributed by atoms with Crippen LogP contribution in [0.2, 0.25) is 0 Å². The standard InChI is InChI=1S/C24H39Cl3N4O5/c1-7-11-23(5,6)12-10-18(32)29-19(15(2)3)20(33)28-16(4)21(34)31-13-8-9-17(30-31)22(35)36-14-24(25,26)27/h7,15-17,19,30H,1,8-14H2,2-6H3,(H,28,33)(H,29,32)/t16-,17?,19-/m0/s1. The summed E-state index contributed by atoms with van der Waals surface area (Å²) in [6, 6.07) is -2.48. The van der Waals surface area contributed by atoms with Crippen LogP contribution in [0.1, 0.15) is 66.7 Å². The Kier molecular flexibility index (Phi) is 13.0. The largest absolute Gasteiger partial charge is 0.460 e. The highest BCUT2D eigenvalue weighted by molar-refractivity contribution is 6.67. The van der Waals surface area contributed by atoms with Crippen LogP contribution in [0.5, 0.6) is 0 Å². The molecule has 0 aromatic rings. The Morgan fingerprint density at radius 1 is 1.17 bits per heavy atom. The molecule has 0 aromatic carbocycles. The van der Waals surface area contributed by atoms with Gasteiger partial charge in [-0.2, -0.15) is 0 Å². The maximum atomic E-state index is 12.9. The van der Waals surface area contributed by atoms with Crippen molar-refractivity contribution in [3.05, 3.63) is 12.7 Å². The van der Waals surface area contributed by atoms with Gasteiger partial charge in [0.15, 0.2) is 0 Å². The highest BCUT2D eigenvalue weighted by Gasteiger charge is 2.34. The summed E-state index contributed by atoms with van der Waals surface area (Å²) in [6.45, 7) is 13.0. The van der Waals surface area contributed by atoms with Gasteiger partial charge in [-0.25, -0.2) is 5.43 Å². The predicted octanol–water partition coefficient (Wildman–Crippen LogP) is 3.42. The number of amides is 3. The van der Waals surface area contributed by atoms with Gasteiger partial charge in [0.2, 0.25) is 15.6 Å². The first kappa shape index (κ1) is 32.5. The third kappa shape index (κ3) is 11.7. The number of allylic oxidation sites excluding steroid dienone is 1. The molecule has 206 valence electrons. The van der Waals surface area contributed by atoms with Crippen molar-refractivity contribution in [1.82, 2.24) is 21.1 Å². The Morgan fingerprint density at radius 2 is 1.81 bits per heavy atom. The second-order valence-electron chi connectivity index (χ2n) is 10.2. The van der Waals surface area contributed by atoms with Crippen LogP contribution in [0.25, 0.3) is 0 Å². The lowest BCUT2D eigenvalue weighted by Gasteiger charge is -2.34. The monoisotopic (exact) mass is 568 g/mol. The molecule has 1 aliphatic heterocycles. The maximum absolute atomic E-state index is 12.9. The van der Waals surface area contributed by atoms with Gasteiger partial charge in [0.1, 0.15) is 24.7 Å². The molecule has 0 saturated carbocycles. The third-order valence-corrected chi connectivity index (χ3v) is 6.16. The van der Waals surface area contributed by atoms with Crippen LogP contribution in [0.4, 0.5) is 0 Å². The van der Waals surface area contributed by atoms with E-state index in [-0.39, 0.29) is 23.7 Å². The number of rotatable bonds is 12. The van der Waals surface area contributed by atoms with E-state index in [2.05, 4.69) is 36.5 Å². The fourth-order valence-corrected chi connectivity index (χ4v) is 3.86. The molecule has 36 heavy (non-hydrogen) atoms. The van der Waals surface area contributed by atoms with E-state index < -0.39 is 46.3 Å². The molecule has 3 atom stereocenters. The summed E-state index contributed by atoms with van der Waals surface area (Å²) in [6.07, 6.45) is 4.52. The number of hydrazine groups is 1. The first-order chi connectivity index (χ1) is 16.6. The van der Waals surface area contributed by atoms with Crippen LogP contribution in [0.15, 0.2) is 12.7 Å². The van der Waals surface area contributed by atoms with Crippen molar-refractivity contribution in [2.24, 2.45) is 11.3 Å². The zero-order chi connectivity index (χ0) is 27.7. The lowest BCUT2D eigenvalue weighted by Crippen LogP contribution is -2.61. The average molecular weight is 570 g/mol. The Balaban J connectivity index is 2.67. The molecule has 1 fully saturated rings. The van der Waals surface area contributed by atoms with E-state index in [1.54, 1.807) is 6.92 Å². The van der Waals surface area contributed by atoms with Crippen molar-refractivity contribution in [2.45, 2.75) is 88.6 Å². The highest BCUT2D eigenvalue weighted by Crippen LogP contribution is 2.27. The fourth-order valence-electron chi connectivity index (χ4n) is 3.69. The van der Waals surface area contributed by atoms with E-state index in [9.17, 15) is 19.2 Å². The Morgan fingerprint density at radius 3 is 2.36 bits per heavy atom. The molecule has 0 spiro atoms. The number of hydrogen-bond donors (Lipinski definition) is 3. The minimum atomic E-state index is -1.73. The summed E-state index contributed by atoms with van der Waals surface area (Å²) in [4.78, 5) is 50.7. The third-order valence-electron chi connectivity index (χ3n) is 5.84. The quantitative estimate of drug-likeness (QED) is 0.188. The Bertz CT molecular complexity index is 801. The number of nitrogens with zero attached hydrogens (tertiary/aromatic N) is 1. The number of carbonyl (C=O) groups excluding carboxylic acids is 4. The Hall–Kier alpha value is -1.55. The van der Waals surface area contributed by atoms with Crippen molar-refractivity contribution >= 4 is 58.5 Å². The fraction of sp³-hybridized carbons (Fsp3) is 0.750. The second kappa shape index (κ2) is 14.4. The summed E-state index contributed by atoms with van der Waals surface area (Å²) in [5.74, 6) is -1.95.